The fraction of sp³-hybridized carbons (Fsp3) is 0.583. The van der Waals surface area contributed by atoms with Crippen LogP contribution in [0.3, 0.4) is 0 Å². The van der Waals surface area contributed by atoms with Gasteiger partial charge in [0.15, 0.2) is 5.01 Å². The van der Waals surface area contributed by atoms with Crippen LogP contribution in [0, 0.1) is 0 Å². The Bertz CT molecular complexity index is 1160. The van der Waals surface area contributed by atoms with Crippen LogP contribution < -0.4 is 10.6 Å². The smallest absolute Gasteiger partial charge is 0.391 e. The first kappa shape index (κ1) is 29.7. The largest absolute Gasteiger partial charge is 0.408 e. The van der Waals surface area contributed by atoms with Crippen LogP contribution >= 0.6 is 11.3 Å². The zero-order valence-electron chi connectivity index (χ0n) is 21.3. The molecular formula is C24H30F5N5O3S. The molecule has 1 saturated heterocycles. The maximum absolute atomic E-state index is 14.2. The number of carbonyl (C=O) groups excluding carboxylic acids is 2. The number of hydrogen-bond donors (Lipinski definition) is 3. The number of aliphatic hydroxyl groups is 1. The molecule has 0 aromatic carbocycles. The van der Waals surface area contributed by atoms with E-state index in [0.717, 1.165) is 25.1 Å². The van der Waals surface area contributed by atoms with Gasteiger partial charge in [0.1, 0.15) is 17.6 Å². The maximum atomic E-state index is 14.2. The Morgan fingerprint density at radius 3 is 2.50 bits per heavy atom. The molecule has 0 bridgehead atoms. The zero-order chi connectivity index (χ0) is 28.4. The third-order valence-electron chi connectivity index (χ3n) is 6.46. The molecule has 2 amide bonds. The van der Waals surface area contributed by atoms with Crippen molar-refractivity contribution in [3.63, 3.8) is 0 Å². The number of alkyl halides is 5. The van der Waals surface area contributed by atoms with Gasteiger partial charge in [-0.25, -0.2) is 18.7 Å². The van der Waals surface area contributed by atoms with Gasteiger partial charge in [0, 0.05) is 29.9 Å². The fourth-order valence-corrected chi connectivity index (χ4v) is 5.01. The van der Waals surface area contributed by atoms with Gasteiger partial charge in [-0.3, -0.25) is 9.59 Å². The van der Waals surface area contributed by atoms with Crippen LogP contribution in [0.1, 0.15) is 79.2 Å². The van der Waals surface area contributed by atoms with Gasteiger partial charge in [-0.05, 0) is 46.1 Å². The lowest BCUT2D eigenvalue weighted by Crippen LogP contribution is -2.39. The summed E-state index contributed by atoms with van der Waals surface area (Å²) < 4.78 is 68.0. The SMILES string of the molecule is CC[C@H](Nc1cc(C(F)F)c(-c2sc(C(=O)N[C@@H](C)[C@@H](C)O)nc2C(=O)N2CCC[C@@H]2C)cn1)C(F)(F)F. The zero-order valence-corrected chi connectivity index (χ0v) is 22.1. The monoisotopic (exact) mass is 563 g/mol. The minimum atomic E-state index is -4.62. The molecule has 38 heavy (non-hydrogen) atoms. The first-order valence-electron chi connectivity index (χ1n) is 12.2. The number of aliphatic hydroxyl groups excluding tert-OH is 1. The summed E-state index contributed by atoms with van der Waals surface area (Å²) in [6.07, 6.45) is -6.52. The maximum Gasteiger partial charge on any atom is 0.408 e. The topological polar surface area (TPSA) is 107 Å². The van der Waals surface area contributed by atoms with Crippen molar-refractivity contribution in [3.8, 4) is 10.4 Å². The first-order chi connectivity index (χ1) is 17.7. The Labute approximate surface area is 220 Å². The number of nitrogens with one attached hydrogen (secondary N) is 2. The molecule has 3 N–H and O–H groups in total. The summed E-state index contributed by atoms with van der Waals surface area (Å²) in [5.41, 5.74) is -1.08. The average molecular weight is 564 g/mol. The number of hydrogen-bond acceptors (Lipinski definition) is 7. The molecule has 1 aliphatic rings. The van der Waals surface area contributed by atoms with Crippen molar-refractivity contribution < 1.29 is 36.6 Å². The summed E-state index contributed by atoms with van der Waals surface area (Å²) in [4.78, 5) is 35.8. The molecule has 1 fully saturated rings. The van der Waals surface area contributed by atoms with Gasteiger partial charge in [-0.15, -0.1) is 11.3 Å². The van der Waals surface area contributed by atoms with Crippen molar-refractivity contribution in [3.05, 3.63) is 28.5 Å². The summed E-state index contributed by atoms with van der Waals surface area (Å²) in [7, 11) is 0. The van der Waals surface area contributed by atoms with Crippen molar-refractivity contribution >= 4 is 29.0 Å². The molecular weight excluding hydrogens is 533 g/mol. The van der Waals surface area contributed by atoms with E-state index in [-0.39, 0.29) is 33.6 Å². The second-order valence-electron chi connectivity index (χ2n) is 9.29. The second-order valence-corrected chi connectivity index (χ2v) is 10.3. The fourth-order valence-electron chi connectivity index (χ4n) is 4.02. The molecule has 3 heterocycles. The number of carbonyl (C=O) groups is 2. The number of aromatic nitrogens is 2. The Hall–Kier alpha value is -2.87. The third kappa shape index (κ3) is 6.57. The Kier molecular flexibility index (Phi) is 9.29. The van der Waals surface area contributed by atoms with Crippen molar-refractivity contribution in [1.29, 1.82) is 0 Å². The highest BCUT2D eigenvalue weighted by Crippen LogP contribution is 2.39. The number of amides is 2. The number of halogens is 5. The average Bonchev–Trinajstić information content (AvgIpc) is 3.47. The van der Waals surface area contributed by atoms with Gasteiger partial charge in [0.25, 0.3) is 18.2 Å². The third-order valence-corrected chi connectivity index (χ3v) is 7.55. The minimum absolute atomic E-state index is 0.0406. The molecule has 4 atom stereocenters. The second kappa shape index (κ2) is 11.9. The number of likely N-dealkylation sites (tertiary alicyclic amines) is 1. The minimum Gasteiger partial charge on any atom is -0.391 e. The van der Waals surface area contributed by atoms with Crippen LogP contribution in [0.15, 0.2) is 12.3 Å². The number of nitrogens with zero attached hydrogens (tertiary/aromatic N) is 3. The highest BCUT2D eigenvalue weighted by Gasteiger charge is 2.39. The molecule has 0 unspecified atom stereocenters. The Morgan fingerprint density at radius 2 is 1.97 bits per heavy atom. The normalized spacial score (nSPS) is 18.4. The van der Waals surface area contributed by atoms with E-state index in [1.54, 1.807) is 11.8 Å². The molecule has 3 rings (SSSR count). The molecule has 0 saturated carbocycles. The van der Waals surface area contributed by atoms with Crippen molar-refractivity contribution in [2.24, 2.45) is 0 Å². The summed E-state index contributed by atoms with van der Waals surface area (Å²) >= 11 is 0.697. The molecule has 0 spiro atoms. The van der Waals surface area contributed by atoms with Crippen LogP contribution in [-0.4, -0.2) is 68.7 Å². The van der Waals surface area contributed by atoms with Crippen LogP contribution in [0.2, 0.25) is 0 Å². The van der Waals surface area contributed by atoms with Gasteiger partial charge >= 0.3 is 6.18 Å². The van der Waals surface area contributed by atoms with E-state index in [2.05, 4.69) is 20.6 Å². The molecule has 0 radical (unpaired) electrons. The molecule has 14 heteroatoms. The van der Waals surface area contributed by atoms with E-state index in [9.17, 15) is 36.6 Å². The molecule has 0 aliphatic carbocycles. The van der Waals surface area contributed by atoms with Gasteiger partial charge in [-0.1, -0.05) is 6.92 Å². The highest BCUT2D eigenvalue weighted by molar-refractivity contribution is 7.17. The van der Waals surface area contributed by atoms with Gasteiger partial charge < -0.3 is 20.6 Å². The van der Waals surface area contributed by atoms with Crippen molar-refractivity contribution in [1.82, 2.24) is 20.2 Å². The summed E-state index contributed by atoms with van der Waals surface area (Å²) in [5.74, 6) is -1.66. The van der Waals surface area contributed by atoms with E-state index in [4.69, 9.17) is 0 Å². The number of anilines is 1. The first-order valence-corrected chi connectivity index (χ1v) is 13.0. The predicted molar refractivity (Wildman–Crippen MR) is 132 cm³/mol. The summed E-state index contributed by atoms with van der Waals surface area (Å²) in [6.45, 7) is 6.60. The van der Waals surface area contributed by atoms with E-state index in [1.165, 1.54) is 13.8 Å². The van der Waals surface area contributed by atoms with Gasteiger partial charge in [0.2, 0.25) is 0 Å². The van der Waals surface area contributed by atoms with E-state index in [1.807, 2.05) is 6.92 Å². The van der Waals surface area contributed by atoms with E-state index >= 15 is 0 Å². The Balaban J connectivity index is 2.09. The van der Waals surface area contributed by atoms with Crippen molar-refractivity contribution in [2.45, 2.75) is 83.8 Å². The lowest BCUT2D eigenvalue weighted by Gasteiger charge is -2.22. The van der Waals surface area contributed by atoms with Gasteiger partial charge in [-0.2, -0.15) is 13.2 Å². The molecule has 210 valence electrons. The standard InChI is InChI=1S/C24H30F5N5O3S/c1-5-16(24(27,28)29)32-17-9-14(20(25)26)15(10-30-17)19-18(23(37)34-8-6-7-11(34)2)33-22(38-19)21(36)31-12(3)13(4)35/h9-13,16,20,35H,5-8H2,1-4H3,(H,30,32)(H,31,36)/t11-,12-,13+,16-/m0/s1. The molecule has 2 aromatic heterocycles. The summed E-state index contributed by atoms with van der Waals surface area (Å²) in [6, 6.07) is -1.96. The van der Waals surface area contributed by atoms with E-state index in [0.29, 0.717) is 17.9 Å². The lowest BCUT2D eigenvalue weighted by molar-refractivity contribution is -0.142. The number of pyridine rings is 1. The molecule has 1 aliphatic heterocycles. The van der Waals surface area contributed by atoms with E-state index < -0.39 is 54.0 Å². The molecule has 2 aromatic rings. The van der Waals surface area contributed by atoms with Crippen LogP contribution in [0.5, 0.6) is 0 Å². The molecule has 8 nitrogen and oxygen atoms in total. The summed E-state index contributed by atoms with van der Waals surface area (Å²) in [5, 5.41) is 14.2. The van der Waals surface area contributed by atoms with Gasteiger partial charge in [0.05, 0.1) is 17.0 Å². The predicted octanol–water partition coefficient (Wildman–Crippen LogP) is 5.02. The van der Waals surface area contributed by atoms with Crippen LogP contribution in [0.4, 0.5) is 27.8 Å². The van der Waals surface area contributed by atoms with Crippen LogP contribution in [0.25, 0.3) is 10.4 Å². The highest BCUT2D eigenvalue weighted by atomic mass is 32.1. The lowest BCUT2D eigenvalue weighted by atomic mass is 10.1. The van der Waals surface area contributed by atoms with Crippen LogP contribution in [-0.2, 0) is 0 Å². The number of rotatable bonds is 9. The van der Waals surface area contributed by atoms with Crippen molar-refractivity contribution in [2.75, 3.05) is 11.9 Å². The Morgan fingerprint density at radius 1 is 1.29 bits per heavy atom. The number of thiazole rings is 1. The quantitative estimate of drug-likeness (QED) is 0.370.